The first kappa shape index (κ1) is 31.2. The third-order valence-electron chi connectivity index (χ3n) is 7.79. The van der Waals surface area contributed by atoms with E-state index < -0.39 is 34.9 Å². The zero-order valence-electron chi connectivity index (χ0n) is 24.0. The zero-order valence-corrected chi connectivity index (χ0v) is 24.0. The molecule has 3 aromatic carbocycles. The van der Waals surface area contributed by atoms with E-state index in [-0.39, 0.29) is 23.3 Å². The van der Waals surface area contributed by atoms with E-state index in [0.717, 1.165) is 55.4 Å². The van der Waals surface area contributed by atoms with Crippen LogP contribution < -0.4 is 5.32 Å². The normalized spacial score (nSPS) is 13.3. The van der Waals surface area contributed by atoms with E-state index >= 15 is 0 Å². The number of oxazole rings is 1. The Morgan fingerprint density at radius 2 is 1.83 bits per heavy atom. The van der Waals surface area contributed by atoms with Crippen LogP contribution in [0.1, 0.15) is 73.5 Å². The molecule has 4 rings (SSSR count). The van der Waals surface area contributed by atoms with Gasteiger partial charge < -0.3 is 14.8 Å². The topological polar surface area (TPSA) is 75.4 Å². The predicted octanol–water partition coefficient (Wildman–Crippen LogP) is 8.83. The van der Waals surface area contributed by atoms with E-state index in [1.54, 1.807) is 6.07 Å². The van der Waals surface area contributed by atoms with E-state index in [4.69, 9.17) is 4.42 Å². The summed E-state index contributed by atoms with van der Waals surface area (Å²) in [5, 5.41) is 12.3. The van der Waals surface area contributed by atoms with Crippen LogP contribution in [0.4, 0.5) is 23.2 Å². The smallest absolute Gasteiger partial charge is 0.417 e. The molecule has 224 valence electrons. The van der Waals surface area contributed by atoms with Gasteiger partial charge in [0.1, 0.15) is 11.3 Å². The van der Waals surface area contributed by atoms with Crippen LogP contribution in [0.15, 0.2) is 59.0 Å². The summed E-state index contributed by atoms with van der Waals surface area (Å²) in [5.74, 6) is -0.902. The molecule has 0 saturated carbocycles. The highest BCUT2D eigenvalue weighted by Crippen LogP contribution is 2.38. The number of hydrogen-bond donors (Lipinski definition) is 2. The highest BCUT2D eigenvalue weighted by molar-refractivity contribution is 6.11. The number of para-hydroxylation sites is 1. The Bertz CT molecular complexity index is 1530. The van der Waals surface area contributed by atoms with Crippen molar-refractivity contribution in [2.24, 2.45) is 11.8 Å². The van der Waals surface area contributed by atoms with Crippen molar-refractivity contribution in [3.05, 3.63) is 82.7 Å². The number of hydrogen-bond acceptors (Lipinski definition) is 4. The number of aromatic nitrogens is 1. The molecule has 4 aromatic rings. The van der Waals surface area contributed by atoms with E-state index in [9.17, 15) is 27.5 Å². The molecule has 0 aliphatic rings. The second kappa shape index (κ2) is 13.5. The molecule has 42 heavy (non-hydrogen) atoms. The van der Waals surface area contributed by atoms with Gasteiger partial charge >= 0.3 is 6.18 Å². The van der Waals surface area contributed by atoms with Gasteiger partial charge in [-0.05, 0) is 85.0 Å². The van der Waals surface area contributed by atoms with Crippen LogP contribution in [0.2, 0.25) is 0 Å². The summed E-state index contributed by atoms with van der Waals surface area (Å²) in [6.45, 7) is 6.60. The van der Waals surface area contributed by atoms with Gasteiger partial charge in [-0.2, -0.15) is 13.2 Å². The molecular formula is C33H36F4N2O3. The molecule has 5 nitrogen and oxygen atoms in total. The summed E-state index contributed by atoms with van der Waals surface area (Å²) >= 11 is 0. The van der Waals surface area contributed by atoms with Gasteiger partial charge in [-0.3, -0.25) is 4.79 Å². The maximum absolute atomic E-state index is 13.9. The second-order valence-electron chi connectivity index (χ2n) is 10.7. The number of nitrogens with zero attached hydrogens (tertiary/aromatic N) is 1. The predicted molar refractivity (Wildman–Crippen MR) is 156 cm³/mol. The molecule has 2 atom stereocenters. The van der Waals surface area contributed by atoms with Crippen molar-refractivity contribution in [3.63, 3.8) is 0 Å². The monoisotopic (exact) mass is 584 g/mol. The van der Waals surface area contributed by atoms with Gasteiger partial charge in [0, 0.05) is 12.3 Å². The Kier molecular flexibility index (Phi) is 10.0. The van der Waals surface area contributed by atoms with Crippen LogP contribution >= 0.6 is 0 Å². The number of rotatable bonds is 12. The Morgan fingerprint density at radius 3 is 2.52 bits per heavy atom. The van der Waals surface area contributed by atoms with Crippen LogP contribution in [0, 0.1) is 17.7 Å². The molecule has 1 aromatic heterocycles. The first-order chi connectivity index (χ1) is 20.1. The lowest BCUT2D eigenvalue weighted by Gasteiger charge is -2.25. The van der Waals surface area contributed by atoms with E-state index in [1.165, 1.54) is 12.1 Å². The summed E-state index contributed by atoms with van der Waals surface area (Å²) in [5.41, 5.74) is 1.49. The molecular weight excluding hydrogens is 548 g/mol. The first-order valence-electron chi connectivity index (χ1n) is 14.4. The summed E-state index contributed by atoms with van der Waals surface area (Å²) in [6.07, 6.45) is 0.668. The fraction of sp³-hybridized carbons (Fsp3) is 0.394. The van der Waals surface area contributed by atoms with Crippen LogP contribution in [-0.2, 0) is 19.0 Å². The summed E-state index contributed by atoms with van der Waals surface area (Å²) in [6, 6.07) is 12.5. The van der Waals surface area contributed by atoms with Crippen molar-refractivity contribution in [1.29, 1.82) is 0 Å². The van der Waals surface area contributed by atoms with E-state index in [1.807, 2.05) is 19.1 Å². The number of fused-ring (bicyclic) bond motifs is 1. The lowest BCUT2D eigenvalue weighted by atomic mass is 9.81. The number of aliphatic hydroxyl groups is 1. The van der Waals surface area contributed by atoms with Crippen molar-refractivity contribution in [1.82, 2.24) is 4.98 Å². The minimum atomic E-state index is -4.75. The number of carbonyl (C=O) groups is 1. The Hall–Kier alpha value is -3.72. The van der Waals surface area contributed by atoms with Crippen molar-refractivity contribution in [2.45, 2.75) is 65.5 Å². The number of benzene rings is 3. The number of anilines is 1. The second-order valence-corrected chi connectivity index (χ2v) is 10.7. The van der Waals surface area contributed by atoms with Gasteiger partial charge in [-0.25, -0.2) is 9.37 Å². The van der Waals surface area contributed by atoms with Gasteiger partial charge in [0.05, 0.1) is 16.7 Å². The summed E-state index contributed by atoms with van der Waals surface area (Å²) < 4.78 is 60.4. The number of amides is 1. The van der Waals surface area contributed by atoms with Gasteiger partial charge in [0.2, 0.25) is 5.89 Å². The minimum absolute atomic E-state index is 0.0801. The standard InChI is InChI=1S/C33H36F4N2O3/c1-4-9-21(11-8-17-40)20(3)18-22-10-6-13-28(24(22)5-2)38-31(41)25-12-7-14-29-30(25)39-32(42-29)26-19-23(34)15-16-27(26)33(35,36)37/h6-7,10,12-16,19-21,40H,4-5,8-9,11,17-18H2,1-3H3,(H,38,41). The number of halogens is 4. The van der Waals surface area contributed by atoms with E-state index in [2.05, 4.69) is 30.2 Å². The lowest BCUT2D eigenvalue weighted by Crippen LogP contribution is -2.17. The van der Waals surface area contributed by atoms with Crippen LogP contribution in [0.3, 0.4) is 0 Å². The highest BCUT2D eigenvalue weighted by Gasteiger charge is 2.35. The van der Waals surface area contributed by atoms with Crippen LogP contribution in [-0.4, -0.2) is 22.6 Å². The molecule has 0 saturated heterocycles. The molecule has 0 aliphatic carbocycles. The maximum Gasteiger partial charge on any atom is 0.417 e. The molecule has 0 radical (unpaired) electrons. The van der Waals surface area contributed by atoms with Crippen LogP contribution in [0.25, 0.3) is 22.6 Å². The quantitative estimate of drug-likeness (QED) is 0.163. The first-order valence-corrected chi connectivity index (χ1v) is 14.4. The van der Waals surface area contributed by atoms with Crippen molar-refractivity contribution >= 4 is 22.7 Å². The average molecular weight is 585 g/mol. The molecule has 0 bridgehead atoms. The third kappa shape index (κ3) is 7.01. The Labute approximate surface area is 243 Å². The number of alkyl halides is 3. The molecule has 9 heteroatoms. The van der Waals surface area contributed by atoms with Gasteiger partial charge in [0.25, 0.3) is 5.91 Å². The average Bonchev–Trinajstić information content (AvgIpc) is 3.39. The number of nitrogens with one attached hydrogen (secondary N) is 1. The van der Waals surface area contributed by atoms with Crippen molar-refractivity contribution in [2.75, 3.05) is 11.9 Å². The van der Waals surface area contributed by atoms with E-state index in [0.29, 0.717) is 30.0 Å². The zero-order chi connectivity index (χ0) is 30.4. The Balaban J connectivity index is 1.64. The summed E-state index contributed by atoms with van der Waals surface area (Å²) in [4.78, 5) is 17.7. The van der Waals surface area contributed by atoms with Crippen LogP contribution in [0.5, 0.6) is 0 Å². The largest absolute Gasteiger partial charge is 0.436 e. The molecule has 1 heterocycles. The van der Waals surface area contributed by atoms with Gasteiger partial charge in [-0.15, -0.1) is 0 Å². The minimum Gasteiger partial charge on any atom is -0.436 e. The van der Waals surface area contributed by atoms with Crippen molar-refractivity contribution in [3.8, 4) is 11.5 Å². The van der Waals surface area contributed by atoms with Crippen molar-refractivity contribution < 1.29 is 31.9 Å². The fourth-order valence-electron chi connectivity index (χ4n) is 5.69. The van der Waals surface area contributed by atoms with Gasteiger partial charge in [-0.1, -0.05) is 51.8 Å². The SMILES string of the molecule is CCCC(CCCO)C(C)Cc1cccc(NC(=O)c2cccc3oc(-c4cc(F)ccc4C(F)(F)F)nc23)c1CC. The molecule has 2 N–H and O–H groups in total. The number of carbonyl (C=O) groups excluding carboxylic acids is 1. The molecule has 0 fully saturated rings. The molecule has 1 amide bonds. The molecule has 0 aliphatic heterocycles. The van der Waals surface area contributed by atoms with Gasteiger partial charge in [0.15, 0.2) is 5.58 Å². The lowest BCUT2D eigenvalue weighted by molar-refractivity contribution is -0.137. The summed E-state index contributed by atoms with van der Waals surface area (Å²) in [7, 11) is 0. The fourth-order valence-corrected chi connectivity index (χ4v) is 5.69. The maximum atomic E-state index is 13.9. The highest BCUT2D eigenvalue weighted by atomic mass is 19.4. The number of aliphatic hydroxyl groups excluding tert-OH is 1. The molecule has 2 unspecified atom stereocenters. The Morgan fingerprint density at radius 1 is 1.07 bits per heavy atom. The third-order valence-corrected chi connectivity index (χ3v) is 7.79. The molecule has 0 spiro atoms.